The Morgan fingerprint density at radius 3 is 2.43 bits per heavy atom. The number of ether oxygens (including phenoxy) is 2. The van der Waals surface area contributed by atoms with Gasteiger partial charge in [-0.3, -0.25) is 13.9 Å². The van der Waals surface area contributed by atoms with E-state index in [4.69, 9.17) is 9.47 Å². The minimum Gasteiger partial charge on any atom is -0.504 e. The Balaban J connectivity index is 1.83. The van der Waals surface area contributed by atoms with Gasteiger partial charge in [-0.25, -0.2) is 9.18 Å². The number of hydrogen-bond donors (Lipinski definition) is 1. The Bertz CT molecular complexity index is 1830. The molecule has 37 heavy (non-hydrogen) atoms. The lowest BCUT2D eigenvalue weighted by Crippen LogP contribution is -2.37. The first kappa shape index (κ1) is 22.7. The second kappa shape index (κ2) is 8.12. The fraction of sp³-hybridized carbons (Fsp3) is 0.143. The average Bonchev–Trinajstić information content (AvgIpc) is 3.27. The number of rotatable bonds is 3. The highest BCUT2D eigenvalue weighted by molar-refractivity contribution is 5.98. The fourth-order valence-electron chi connectivity index (χ4n) is 5.08. The SMILES string of the molecule is COc1cc(C2Oc3ccccc3-n3c(-c4ccc(F)cc4)c4c(=O)n(C)c(=O)n(C)c4c32)ccc1O. The monoisotopic (exact) mass is 499 g/mol. The average molecular weight is 499 g/mol. The van der Waals surface area contributed by atoms with E-state index < -0.39 is 23.2 Å². The molecule has 0 bridgehead atoms. The minimum atomic E-state index is -0.765. The summed E-state index contributed by atoms with van der Waals surface area (Å²) in [5.74, 6) is 0.371. The molecule has 0 saturated heterocycles. The van der Waals surface area contributed by atoms with Gasteiger partial charge in [0, 0.05) is 19.7 Å². The number of aromatic nitrogens is 3. The molecule has 5 aromatic rings. The number of phenols is 1. The van der Waals surface area contributed by atoms with Gasteiger partial charge in [-0.1, -0.05) is 18.2 Å². The Kier molecular flexibility index (Phi) is 4.98. The zero-order valence-corrected chi connectivity index (χ0v) is 20.2. The summed E-state index contributed by atoms with van der Waals surface area (Å²) in [5, 5.41) is 10.5. The van der Waals surface area contributed by atoms with Crippen LogP contribution in [0.2, 0.25) is 0 Å². The molecule has 1 unspecified atom stereocenters. The largest absolute Gasteiger partial charge is 0.504 e. The predicted molar refractivity (Wildman–Crippen MR) is 136 cm³/mol. The molecule has 6 rings (SSSR count). The summed E-state index contributed by atoms with van der Waals surface area (Å²) in [4.78, 5) is 26.7. The normalized spacial score (nSPS) is 14.2. The van der Waals surface area contributed by atoms with E-state index in [-0.39, 0.29) is 11.5 Å². The summed E-state index contributed by atoms with van der Waals surface area (Å²) in [6.45, 7) is 0. The van der Waals surface area contributed by atoms with Gasteiger partial charge in [-0.15, -0.1) is 0 Å². The van der Waals surface area contributed by atoms with Crippen molar-refractivity contribution in [1.29, 1.82) is 0 Å². The summed E-state index contributed by atoms with van der Waals surface area (Å²) in [7, 11) is 4.49. The number of halogens is 1. The summed E-state index contributed by atoms with van der Waals surface area (Å²) >= 11 is 0. The van der Waals surface area contributed by atoms with Crippen LogP contribution in [0.25, 0.3) is 27.8 Å². The van der Waals surface area contributed by atoms with Crippen LogP contribution in [0.15, 0.2) is 76.3 Å². The molecule has 9 heteroatoms. The molecule has 3 aromatic carbocycles. The molecule has 0 fully saturated rings. The Labute approximate surface area is 210 Å². The lowest BCUT2D eigenvalue weighted by atomic mass is 10.0. The number of methoxy groups -OCH3 is 1. The molecule has 8 nitrogen and oxygen atoms in total. The number of aryl methyl sites for hydroxylation is 1. The van der Waals surface area contributed by atoms with E-state index in [0.29, 0.717) is 44.9 Å². The van der Waals surface area contributed by atoms with Crippen LogP contribution >= 0.6 is 0 Å². The zero-order chi connectivity index (χ0) is 26.0. The number of fused-ring (bicyclic) bond motifs is 5. The highest BCUT2D eigenvalue weighted by atomic mass is 19.1. The lowest BCUT2D eigenvalue weighted by Gasteiger charge is -2.30. The van der Waals surface area contributed by atoms with Crippen molar-refractivity contribution >= 4 is 10.9 Å². The maximum atomic E-state index is 13.9. The van der Waals surface area contributed by atoms with Crippen LogP contribution in [0, 0.1) is 5.82 Å². The molecule has 0 aliphatic carbocycles. The van der Waals surface area contributed by atoms with E-state index in [1.807, 2.05) is 28.8 Å². The topological polar surface area (TPSA) is 87.6 Å². The predicted octanol–water partition coefficient (Wildman–Crippen LogP) is 4.03. The molecule has 1 atom stereocenters. The molecule has 0 saturated carbocycles. The van der Waals surface area contributed by atoms with Gasteiger partial charge in [0.15, 0.2) is 17.6 Å². The summed E-state index contributed by atoms with van der Waals surface area (Å²) in [5.41, 5.74) is 2.43. The maximum absolute atomic E-state index is 13.9. The van der Waals surface area contributed by atoms with Crippen molar-refractivity contribution in [2.45, 2.75) is 6.10 Å². The molecular weight excluding hydrogens is 477 g/mol. The summed E-state index contributed by atoms with van der Waals surface area (Å²) < 4.78 is 30.1. The Morgan fingerprint density at radius 2 is 1.70 bits per heavy atom. The van der Waals surface area contributed by atoms with Gasteiger partial charge >= 0.3 is 5.69 Å². The van der Waals surface area contributed by atoms with Crippen molar-refractivity contribution in [3.63, 3.8) is 0 Å². The van der Waals surface area contributed by atoms with E-state index in [2.05, 4.69) is 0 Å². The molecule has 1 N–H and O–H groups in total. The molecule has 0 radical (unpaired) electrons. The van der Waals surface area contributed by atoms with Crippen LogP contribution in [0.3, 0.4) is 0 Å². The lowest BCUT2D eigenvalue weighted by molar-refractivity contribution is 0.228. The number of benzene rings is 3. The van der Waals surface area contributed by atoms with E-state index in [1.165, 1.54) is 36.9 Å². The number of hydrogen-bond acceptors (Lipinski definition) is 5. The third-order valence-corrected chi connectivity index (χ3v) is 6.83. The Hall–Kier alpha value is -4.79. The van der Waals surface area contributed by atoms with Gasteiger partial charge in [-0.2, -0.15) is 0 Å². The first-order valence-corrected chi connectivity index (χ1v) is 11.5. The van der Waals surface area contributed by atoms with Crippen molar-refractivity contribution in [3.8, 4) is 34.2 Å². The highest BCUT2D eigenvalue weighted by Gasteiger charge is 2.36. The Morgan fingerprint density at radius 1 is 0.973 bits per heavy atom. The van der Waals surface area contributed by atoms with Gasteiger partial charge in [0.25, 0.3) is 5.56 Å². The van der Waals surface area contributed by atoms with Gasteiger partial charge in [-0.05, 0) is 54.1 Å². The van der Waals surface area contributed by atoms with Crippen LogP contribution < -0.4 is 20.7 Å². The second-order valence-corrected chi connectivity index (χ2v) is 8.90. The molecule has 0 spiro atoms. The molecule has 186 valence electrons. The van der Waals surface area contributed by atoms with E-state index in [9.17, 15) is 19.1 Å². The third kappa shape index (κ3) is 3.20. The van der Waals surface area contributed by atoms with Crippen molar-refractivity contribution in [2.24, 2.45) is 14.1 Å². The molecule has 3 heterocycles. The number of para-hydroxylation sites is 2. The van der Waals surface area contributed by atoms with E-state index in [0.717, 1.165) is 4.57 Å². The zero-order valence-electron chi connectivity index (χ0n) is 20.2. The standard InChI is InChI=1S/C28H22FN3O5/c1-30-24-22(27(34)31(2)28(30)35)23(15-8-11-17(29)12-9-15)32-18-6-4-5-7-20(18)37-26(25(24)32)16-10-13-19(33)21(14-16)36-3/h4-14,26,33H,1-3H3. The van der Waals surface area contributed by atoms with Gasteiger partial charge in [0.1, 0.15) is 11.6 Å². The smallest absolute Gasteiger partial charge is 0.331 e. The highest BCUT2D eigenvalue weighted by Crippen LogP contribution is 2.47. The van der Waals surface area contributed by atoms with Crippen LogP contribution in [-0.4, -0.2) is 25.9 Å². The van der Waals surface area contributed by atoms with Crippen LogP contribution in [0.4, 0.5) is 4.39 Å². The van der Waals surface area contributed by atoms with Crippen LogP contribution in [0.5, 0.6) is 17.2 Å². The van der Waals surface area contributed by atoms with Crippen molar-refractivity contribution in [2.75, 3.05) is 7.11 Å². The maximum Gasteiger partial charge on any atom is 0.331 e. The van der Waals surface area contributed by atoms with Crippen molar-refractivity contribution in [3.05, 3.63) is 105 Å². The summed E-state index contributed by atoms with van der Waals surface area (Å²) in [6.07, 6.45) is -0.765. The number of nitrogens with zero attached hydrogens (tertiary/aromatic N) is 3. The third-order valence-electron chi connectivity index (χ3n) is 6.83. The molecule has 1 aliphatic rings. The van der Waals surface area contributed by atoms with Crippen LogP contribution in [-0.2, 0) is 14.1 Å². The minimum absolute atomic E-state index is 0.0315. The van der Waals surface area contributed by atoms with E-state index >= 15 is 0 Å². The van der Waals surface area contributed by atoms with Gasteiger partial charge in [0.2, 0.25) is 0 Å². The number of phenolic OH excluding ortho intramolecular Hbond substituents is 1. The van der Waals surface area contributed by atoms with Gasteiger partial charge < -0.3 is 19.1 Å². The summed E-state index contributed by atoms with van der Waals surface area (Å²) in [6, 6.07) is 18.1. The molecule has 0 amide bonds. The van der Waals surface area contributed by atoms with E-state index in [1.54, 1.807) is 31.3 Å². The molecule has 1 aliphatic heterocycles. The molecular formula is C28H22FN3O5. The van der Waals surface area contributed by atoms with Crippen molar-refractivity contribution in [1.82, 2.24) is 13.7 Å². The van der Waals surface area contributed by atoms with Crippen LogP contribution in [0.1, 0.15) is 17.4 Å². The quantitative estimate of drug-likeness (QED) is 0.405. The first-order chi connectivity index (χ1) is 17.8. The van der Waals surface area contributed by atoms with Crippen molar-refractivity contribution < 1.29 is 19.0 Å². The fourth-order valence-corrected chi connectivity index (χ4v) is 5.08. The second-order valence-electron chi connectivity index (χ2n) is 8.90. The van der Waals surface area contributed by atoms with Gasteiger partial charge in [0.05, 0.1) is 35.1 Å². The first-order valence-electron chi connectivity index (χ1n) is 11.5. The number of aromatic hydroxyl groups is 1. The molecule has 2 aromatic heterocycles.